The van der Waals surface area contributed by atoms with Crippen LogP contribution in [0, 0.1) is 0 Å². The summed E-state index contributed by atoms with van der Waals surface area (Å²) in [6, 6.07) is 0. The summed E-state index contributed by atoms with van der Waals surface area (Å²) in [5, 5.41) is 10.0. The van der Waals surface area contributed by atoms with E-state index in [2.05, 4.69) is 74.6 Å². The van der Waals surface area contributed by atoms with Gasteiger partial charge < -0.3 is 24.0 Å². The van der Waals surface area contributed by atoms with E-state index in [1.165, 1.54) is 19.3 Å². The van der Waals surface area contributed by atoms with Gasteiger partial charge in [0, 0.05) is 12.8 Å². The van der Waals surface area contributed by atoms with E-state index in [0.29, 0.717) is 43.1 Å². The second-order valence-electron chi connectivity index (χ2n) is 15.5. The number of allylic oxidation sites excluding steroid dienone is 18. The van der Waals surface area contributed by atoms with Crippen LogP contribution in [0.4, 0.5) is 0 Å². The van der Waals surface area contributed by atoms with E-state index in [9.17, 15) is 24.2 Å². The molecule has 0 bridgehead atoms. The number of aliphatic hydroxyl groups is 1. The average Bonchev–Trinajstić information content (AvgIpc) is 3.21. The number of likely N-dealkylation sites (N-methyl/N-ethyl adjacent to an activating group) is 1. The summed E-state index contributed by atoms with van der Waals surface area (Å²) in [6.45, 7) is 4.01. The van der Waals surface area contributed by atoms with E-state index in [4.69, 9.17) is 18.5 Å². The minimum atomic E-state index is -4.43. The molecule has 0 radical (unpaired) electrons. The molecule has 0 rings (SSSR count). The number of carbonyl (C=O) groups excluding carboxylic acids is 2. The SMILES string of the molecule is CC/C=C\C/C=C\CC(O)/C=C/C=C\C/C=C\C/C=C\CCC(=O)O[C@H](COC(=O)CCC/C=C\C/C=C\C/C=C\C/C=C\CCCCC)COP(=O)(O)OCC[N+](C)(C)C. The Hall–Kier alpha value is -3.63. The molecule has 344 valence electrons. The van der Waals surface area contributed by atoms with Gasteiger partial charge in [0.05, 0.1) is 33.9 Å². The molecule has 0 aliphatic rings. The number of hydrogen-bond donors (Lipinski definition) is 2. The molecular formula is C50H81NO9P+. The maximum Gasteiger partial charge on any atom is 0.472 e. The molecule has 0 fully saturated rings. The lowest BCUT2D eigenvalue weighted by atomic mass is 10.2. The second-order valence-corrected chi connectivity index (χ2v) is 17.0. The van der Waals surface area contributed by atoms with Crippen LogP contribution in [0.25, 0.3) is 0 Å². The topological polar surface area (TPSA) is 129 Å². The zero-order valence-corrected chi connectivity index (χ0v) is 39.1. The lowest BCUT2D eigenvalue weighted by Crippen LogP contribution is -2.37. The number of phosphoric acid groups is 1. The first-order chi connectivity index (χ1) is 29.4. The first-order valence-corrected chi connectivity index (χ1v) is 23.9. The van der Waals surface area contributed by atoms with E-state index in [1.54, 1.807) is 6.08 Å². The Labute approximate surface area is 370 Å². The van der Waals surface area contributed by atoms with Crippen molar-refractivity contribution in [2.45, 2.75) is 135 Å². The van der Waals surface area contributed by atoms with Crippen molar-refractivity contribution in [3.8, 4) is 0 Å². The van der Waals surface area contributed by atoms with E-state index in [-0.39, 0.29) is 26.1 Å². The molecule has 0 saturated carbocycles. The highest BCUT2D eigenvalue weighted by Gasteiger charge is 2.27. The lowest BCUT2D eigenvalue weighted by molar-refractivity contribution is -0.870. The fourth-order valence-electron chi connectivity index (χ4n) is 5.06. The maximum absolute atomic E-state index is 12.7. The zero-order chi connectivity index (χ0) is 45.1. The van der Waals surface area contributed by atoms with Crippen LogP contribution in [-0.2, 0) is 32.7 Å². The van der Waals surface area contributed by atoms with Crippen molar-refractivity contribution in [1.82, 2.24) is 0 Å². The Morgan fingerprint density at radius 3 is 1.74 bits per heavy atom. The number of rotatable bonds is 38. The molecule has 61 heavy (non-hydrogen) atoms. The van der Waals surface area contributed by atoms with Crippen molar-refractivity contribution in [1.29, 1.82) is 0 Å². The van der Waals surface area contributed by atoms with Gasteiger partial charge in [-0.3, -0.25) is 18.6 Å². The molecule has 0 aromatic rings. The average molecular weight is 871 g/mol. The molecule has 0 aliphatic carbocycles. The Kier molecular flexibility index (Phi) is 38.0. The zero-order valence-electron chi connectivity index (χ0n) is 38.2. The molecule has 10 nitrogen and oxygen atoms in total. The second kappa shape index (κ2) is 40.4. The van der Waals surface area contributed by atoms with Gasteiger partial charge in [-0.1, -0.05) is 148 Å². The fourth-order valence-corrected chi connectivity index (χ4v) is 5.80. The molecule has 11 heteroatoms. The van der Waals surface area contributed by atoms with Crippen molar-refractivity contribution in [2.75, 3.05) is 47.5 Å². The third-order valence-electron chi connectivity index (χ3n) is 8.57. The molecule has 0 spiro atoms. The number of nitrogens with zero attached hydrogens (tertiary/aromatic N) is 1. The van der Waals surface area contributed by atoms with Crippen LogP contribution >= 0.6 is 7.82 Å². The summed E-state index contributed by atoms with van der Waals surface area (Å²) in [6.07, 6.45) is 53.0. The third kappa shape index (κ3) is 44.2. The van der Waals surface area contributed by atoms with Crippen LogP contribution in [-0.4, -0.2) is 86.1 Å². The molecule has 0 heterocycles. The summed E-state index contributed by atoms with van der Waals surface area (Å²) < 4.78 is 34.1. The molecule has 0 aromatic heterocycles. The Morgan fingerprint density at radius 2 is 1.15 bits per heavy atom. The summed E-state index contributed by atoms with van der Waals surface area (Å²) in [5.74, 6) is -1.01. The van der Waals surface area contributed by atoms with E-state index in [1.807, 2.05) is 75.8 Å². The van der Waals surface area contributed by atoms with Crippen molar-refractivity contribution in [2.24, 2.45) is 0 Å². The molecule has 0 amide bonds. The van der Waals surface area contributed by atoms with E-state index in [0.717, 1.165) is 44.9 Å². The Bertz CT molecular complexity index is 1460. The highest BCUT2D eigenvalue weighted by molar-refractivity contribution is 7.47. The minimum Gasteiger partial charge on any atom is -0.462 e. The smallest absolute Gasteiger partial charge is 0.462 e. The number of aliphatic hydroxyl groups excluding tert-OH is 1. The van der Waals surface area contributed by atoms with Crippen LogP contribution in [0.2, 0.25) is 0 Å². The fraction of sp³-hybridized carbons (Fsp3) is 0.560. The summed E-state index contributed by atoms with van der Waals surface area (Å²) in [5.41, 5.74) is 0. The summed E-state index contributed by atoms with van der Waals surface area (Å²) in [4.78, 5) is 35.3. The van der Waals surface area contributed by atoms with Crippen LogP contribution in [0.3, 0.4) is 0 Å². The van der Waals surface area contributed by atoms with Gasteiger partial charge in [-0.05, 0) is 83.5 Å². The first kappa shape index (κ1) is 57.4. The van der Waals surface area contributed by atoms with Gasteiger partial charge >= 0.3 is 19.8 Å². The van der Waals surface area contributed by atoms with Crippen LogP contribution in [0.1, 0.15) is 123 Å². The van der Waals surface area contributed by atoms with E-state index < -0.39 is 38.6 Å². The van der Waals surface area contributed by atoms with Crippen LogP contribution in [0.15, 0.2) is 122 Å². The minimum absolute atomic E-state index is 0.00707. The Morgan fingerprint density at radius 1 is 0.607 bits per heavy atom. The molecule has 0 saturated heterocycles. The number of hydrogen-bond acceptors (Lipinski definition) is 8. The molecular weight excluding hydrogens is 790 g/mol. The summed E-state index contributed by atoms with van der Waals surface area (Å²) in [7, 11) is 1.35. The first-order valence-electron chi connectivity index (χ1n) is 22.4. The number of quaternary nitrogens is 1. The van der Waals surface area contributed by atoms with Crippen molar-refractivity contribution in [3.63, 3.8) is 0 Å². The largest absolute Gasteiger partial charge is 0.472 e. The van der Waals surface area contributed by atoms with Gasteiger partial charge in [-0.25, -0.2) is 4.57 Å². The van der Waals surface area contributed by atoms with Gasteiger partial charge in [0.25, 0.3) is 0 Å². The predicted octanol–water partition coefficient (Wildman–Crippen LogP) is 11.9. The van der Waals surface area contributed by atoms with Gasteiger partial charge in [-0.2, -0.15) is 0 Å². The normalized spacial score (nSPS) is 15.2. The molecule has 2 unspecified atom stereocenters. The monoisotopic (exact) mass is 871 g/mol. The quantitative estimate of drug-likeness (QED) is 0.0156. The molecule has 0 aromatic carbocycles. The van der Waals surface area contributed by atoms with Crippen molar-refractivity contribution >= 4 is 19.8 Å². The molecule has 2 N–H and O–H groups in total. The highest BCUT2D eigenvalue weighted by atomic mass is 31.2. The van der Waals surface area contributed by atoms with Crippen molar-refractivity contribution < 1.29 is 47.2 Å². The predicted molar refractivity (Wildman–Crippen MR) is 253 cm³/mol. The summed E-state index contributed by atoms with van der Waals surface area (Å²) >= 11 is 0. The van der Waals surface area contributed by atoms with Gasteiger partial charge in [0.15, 0.2) is 6.10 Å². The standard InChI is InChI=1S/C50H80NO9P/c1-6-8-10-12-14-15-16-17-18-19-20-21-22-26-29-33-37-41-49(53)57-45-48(46-59-61(55,56)58-44-43-51(3,4)5)60-50(54)42-38-34-30-27-24-23-25-28-32-36-40-47(52)39-35-31-13-11-9-7-2/h9,11,14-15,17-18,20-21,23-24,26,28-32,34-36,40,47-48,52H,6-8,10,12-13,16,19,22,25,27,33,37-39,41-46H2,1-5H3/p+1/b11-9-,15-14-,18-17-,21-20-,24-23-,29-26-,32-28-,34-30-,35-31-,40-36+/t47?,48-/m1/s1. The van der Waals surface area contributed by atoms with Gasteiger partial charge in [0.2, 0.25) is 0 Å². The van der Waals surface area contributed by atoms with Crippen molar-refractivity contribution in [3.05, 3.63) is 122 Å². The number of esters is 2. The molecule has 3 atom stereocenters. The van der Waals surface area contributed by atoms with Crippen LogP contribution < -0.4 is 0 Å². The third-order valence-corrected chi connectivity index (χ3v) is 9.55. The number of ether oxygens (including phenoxy) is 2. The number of phosphoric ester groups is 1. The number of carbonyl (C=O) groups is 2. The van der Waals surface area contributed by atoms with Gasteiger partial charge in [0.1, 0.15) is 19.8 Å². The maximum atomic E-state index is 12.7. The van der Waals surface area contributed by atoms with E-state index >= 15 is 0 Å². The van der Waals surface area contributed by atoms with Gasteiger partial charge in [-0.15, -0.1) is 0 Å². The lowest BCUT2D eigenvalue weighted by Gasteiger charge is -2.24. The van der Waals surface area contributed by atoms with Crippen LogP contribution in [0.5, 0.6) is 0 Å². The molecule has 0 aliphatic heterocycles. The highest BCUT2D eigenvalue weighted by Crippen LogP contribution is 2.43. The number of unbranched alkanes of at least 4 members (excludes halogenated alkanes) is 4. The Balaban J connectivity index is 4.66.